The topological polar surface area (TPSA) is 29.5 Å². The summed E-state index contributed by atoms with van der Waals surface area (Å²) in [4.78, 5) is 14.8. The summed E-state index contributed by atoms with van der Waals surface area (Å²) in [5.74, 6) is 0.186. The molecule has 0 amide bonds. The van der Waals surface area contributed by atoms with Crippen molar-refractivity contribution in [3.05, 3.63) is 65.5 Å². The number of Topliss-reactive ketones (excluding diaryl/α,β-unsaturated/α-hetero) is 1. The molecule has 3 nitrogen and oxygen atoms in total. The molecule has 0 heterocycles. The van der Waals surface area contributed by atoms with E-state index in [1.165, 1.54) is 12.1 Å². The van der Waals surface area contributed by atoms with Crippen LogP contribution < -0.4 is 4.74 Å². The lowest BCUT2D eigenvalue weighted by molar-refractivity contribution is 0.0896. The van der Waals surface area contributed by atoms with E-state index in [0.717, 1.165) is 5.56 Å². The summed E-state index contributed by atoms with van der Waals surface area (Å²) in [6, 6.07) is 13.6. The molecule has 0 N–H and O–H groups in total. The summed E-state index contributed by atoms with van der Waals surface area (Å²) in [5, 5.41) is 0. The van der Waals surface area contributed by atoms with Crippen molar-refractivity contribution in [3.8, 4) is 5.75 Å². The average molecular weight is 315 g/mol. The molecule has 23 heavy (non-hydrogen) atoms. The van der Waals surface area contributed by atoms with Gasteiger partial charge in [-0.15, -0.1) is 0 Å². The lowest BCUT2D eigenvalue weighted by Gasteiger charge is -2.20. The Morgan fingerprint density at radius 2 is 1.91 bits per heavy atom. The number of ether oxygens (including phenoxy) is 1. The maximum Gasteiger partial charge on any atom is 0.167 e. The zero-order chi connectivity index (χ0) is 16.8. The predicted octanol–water partition coefficient (Wildman–Crippen LogP) is 3.44. The van der Waals surface area contributed by atoms with Gasteiger partial charge in [-0.05, 0) is 50.3 Å². The number of rotatable bonds is 7. The van der Waals surface area contributed by atoms with E-state index >= 15 is 0 Å². The Morgan fingerprint density at radius 3 is 2.57 bits per heavy atom. The number of ketones is 1. The van der Waals surface area contributed by atoms with Gasteiger partial charge in [0.1, 0.15) is 11.6 Å². The second-order valence-corrected chi connectivity index (χ2v) is 5.89. The Hall–Kier alpha value is -2.20. The maximum atomic E-state index is 13.4. The van der Waals surface area contributed by atoms with E-state index in [4.69, 9.17) is 4.74 Å². The van der Waals surface area contributed by atoms with Crippen LogP contribution in [0.1, 0.15) is 15.9 Å². The summed E-state index contributed by atoms with van der Waals surface area (Å²) >= 11 is 0. The fourth-order valence-corrected chi connectivity index (χ4v) is 2.64. The SMILES string of the molecule is COc1cccc(C(=O)[C@@H](Cc2cccc(F)c2)CN(C)C)c1. The molecule has 2 rings (SSSR count). The van der Waals surface area contributed by atoms with Crippen molar-refractivity contribution in [2.24, 2.45) is 5.92 Å². The van der Waals surface area contributed by atoms with Crippen LogP contribution in [0, 0.1) is 11.7 Å². The molecule has 0 spiro atoms. The Balaban J connectivity index is 2.24. The fourth-order valence-electron chi connectivity index (χ4n) is 2.64. The molecular weight excluding hydrogens is 293 g/mol. The highest BCUT2D eigenvalue weighted by molar-refractivity contribution is 5.98. The van der Waals surface area contributed by atoms with Crippen LogP contribution >= 0.6 is 0 Å². The molecule has 4 heteroatoms. The van der Waals surface area contributed by atoms with Crippen LogP contribution in [0.5, 0.6) is 5.75 Å². The van der Waals surface area contributed by atoms with Gasteiger partial charge in [0.05, 0.1) is 7.11 Å². The Labute approximate surface area is 136 Å². The Bertz CT molecular complexity index is 670. The normalized spacial score (nSPS) is 12.2. The molecule has 0 bridgehead atoms. The van der Waals surface area contributed by atoms with E-state index in [0.29, 0.717) is 24.3 Å². The second kappa shape index (κ2) is 7.88. The van der Waals surface area contributed by atoms with E-state index in [1.54, 1.807) is 31.4 Å². The van der Waals surface area contributed by atoms with Crippen molar-refractivity contribution in [3.63, 3.8) is 0 Å². The third kappa shape index (κ3) is 4.89. The van der Waals surface area contributed by atoms with Crippen LogP contribution in [0.2, 0.25) is 0 Å². The van der Waals surface area contributed by atoms with Crippen LogP contribution in [-0.2, 0) is 6.42 Å². The smallest absolute Gasteiger partial charge is 0.167 e. The zero-order valence-corrected chi connectivity index (χ0v) is 13.8. The van der Waals surface area contributed by atoms with Gasteiger partial charge in [-0.2, -0.15) is 0 Å². The number of benzene rings is 2. The lowest BCUT2D eigenvalue weighted by Crippen LogP contribution is -2.29. The number of halogens is 1. The quantitative estimate of drug-likeness (QED) is 0.733. The molecule has 0 aromatic heterocycles. The number of hydrogen-bond donors (Lipinski definition) is 0. The van der Waals surface area contributed by atoms with Crippen molar-refractivity contribution in [1.82, 2.24) is 4.90 Å². The van der Waals surface area contributed by atoms with Gasteiger partial charge in [0.2, 0.25) is 0 Å². The first-order chi connectivity index (χ1) is 11.0. The molecule has 0 aliphatic carbocycles. The zero-order valence-electron chi connectivity index (χ0n) is 13.8. The highest BCUT2D eigenvalue weighted by Crippen LogP contribution is 2.20. The minimum Gasteiger partial charge on any atom is -0.497 e. The van der Waals surface area contributed by atoms with E-state index in [2.05, 4.69) is 0 Å². The van der Waals surface area contributed by atoms with E-state index in [-0.39, 0.29) is 17.5 Å². The summed E-state index contributed by atoms with van der Waals surface area (Å²) in [5.41, 5.74) is 1.45. The van der Waals surface area contributed by atoms with Crippen LogP contribution in [-0.4, -0.2) is 38.4 Å². The standard InChI is InChI=1S/C19H22FNO2/c1-21(2)13-16(10-14-6-4-8-17(20)11-14)19(22)15-7-5-9-18(12-15)23-3/h4-9,11-12,16H,10,13H2,1-3H3/t16-/m0/s1. The highest BCUT2D eigenvalue weighted by Gasteiger charge is 2.22. The molecule has 0 aliphatic heterocycles. The largest absolute Gasteiger partial charge is 0.497 e. The summed E-state index contributed by atoms with van der Waals surface area (Å²) in [6.45, 7) is 0.604. The first kappa shape index (κ1) is 17.2. The molecule has 0 saturated heterocycles. The summed E-state index contributed by atoms with van der Waals surface area (Å²) < 4.78 is 18.6. The number of carbonyl (C=O) groups excluding carboxylic acids is 1. The lowest BCUT2D eigenvalue weighted by atomic mass is 9.90. The first-order valence-electron chi connectivity index (χ1n) is 7.57. The van der Waals surface area contributed by atoms with Crippen molar-refractivity contribution in [2.75, 3.05) is 27.7 Å². The van der Waals surface area contributed by atoms with Gasteiger partial charge in [0.25, 0.3) is 0 Å². The molecular formula is C19H22FNO2. The molecule has 0 aliphatic rings. The van der Waals surface area contributed by atoms with Gasteiger partial charge in [-0.25, -0.2) is 4.39 Å². The monoisotopic (exact) mass is 315 g/mol. The number of nitrogens with zero attached hydrogens (tertiary/aromatic N) is 1. The van der Waals surface area contributed by atoms with Crippen molar-refractivity contribution in [1.29, 1.82) is 0 Å². The van der Waals surface area contributed by atoms with Gasteiger partial charge < -0.3 is 9.64 Å². The number of methoxy groups -OCH3 is 1. The van der Waals surface area contributed by atoms with Gasteiger partial charge >= 0.3 is 0 Å². The Kier molecular flexibility index (Phi) is 5.88. The van der Waals surface area contributed by atoms with Crippen LogP contribution in [0.4, 0.5) is 4.39 Å². The fraction of sp³-hybridized carbons (Fsp3) is 0.316. The van der Waals surface area contributed by atoms with E-state index in [1.807, 2.05) is 31.1 Å². The summed E-state index contributed by atoms with van der Waals surface area (Å²) in [6.07, 6.45) is 0.506. The van der Waals surface area contributed by atoms with Crippen molar-refractivity contribution < 1.29 is 13.9 Å². The molecule has 2 aromatic rings. The van der Waals surface area contributed by atoms with Crippen molar-refractivity contribution in [2.45, 2.75) is 6.42 Å². The minimum atomic E-state index is -0.278. The molecule has 0 unspecified atom stereocenters. The van der Waals surface area contributed by atoms with Crippen LogP contribution in [0.3, 0.4) is 0 Å². The van der Waals surface area contributed by atoms with Gasteiger partial charge in [0, 0.05) is 18.0 Å². The minimum absolute atomic E-state index is 0.0434. The highest BCUT2D eigenvalue weighted by atomic mass is 19.1. The third-order valence-corrected chi connectivity index (χ3v) is 3.68. The molecule has 122 valence electrons. The first-order valence-corrected chi connectivity index (χ1v) is 7.57. The molecule has 0 saturated carbocycles. The predicted molar refractivity (Wildman–Crippen MR) is 89.5 cm³/mol. The van der Waals surface area contributed by atoms with Crippen LogP contribution in [0.15, 0.2) is 48.5 Å². The molecule has 0 fully saturated rings. The molecule has 0 radical (unpaired) electrons. The van der Waals surface area contributed by atoms with Crippen molar-refractivity contribution >= 4 is 5.78 Å². The third-order valence-electron chi connectivity index (χ3n) is 3.68. The van der Waals surface area contributed by atoms with Gasteiger partial charge in [0.15, 0.2) is 5.78 Å². The van der Waals surface area contributed by atoms with E-state index < -0.39 is 0 Å². The summed E-state index contributed by atoms with van der Waals surface area (Å²) in [7, 11) is 5.43. The molecule has 2 aromatic carbocycles. The van der Waals surface area contributed by atoms with Crippen LogP contribution in [0.25, 0.3) is 0 Å². The van der Waals surface area contributed by atoms with E-state index in [9.17, 15) is 9.18 Å². The average Bonchev–Trinajstić information content (AvgIpc) is 2.53. The second-order valence-electron chi connectivity index (χ2n) is 5.89. The molecule has 1 atom stereocenters. The van der Waals surface area contributed by atoms with Gasteiger partial charge in [-0.1, -0.05) is 24.3 Å². The Morgan fingerprint density at radius 1 is 1.17 bits per heavy atom. The maximum absolute atomic E-state index is 13.4. The number of carbonyl (C=O) groups is 1. The number of hydrogen-bond acceptors (Lipinski definition) is 3. The van der Waals surface area contributed by atoms with Gasteiger partial charge in [-0.3, -0.25) is 4.79 Å².